The molecule has 2 aliphatic heterocycles. The van der Waals surface area contributed by atoms with Gasteiger partial charge >= 0.3 is 11.9 Å². The first-order valence-electron chi connectivity index (χ1n) is 9.77. The average Bonchev–Trinajstić information content (AvgIpc) is 3.43. The molecule has 0 saturated carbocycles. The molecule has 4 atom stereocenters. The van der Waals surface area contributed by atoms with Crippen molar-refractivity contribution >= 4 is 11.9 Å². The Kier molecular flexibility index (Phi) is 5.53. The molecule has 4 rings (SSSR count). The number of oxazole rings is 1. The van der Waals surface area contributed by atoms with Crippen LogP contribution >= 0.6 is 0 Å². The van der Waals surface area contributed by atoms with Gasteiger partial charge in [0.05, 0.1) is 24.7 Å². The summed E-state index contributed by atoms with van der Waals surface area (Å²) in [6.45, 7) is 1.91. The van der Waals surface area contributed by atoms with Gasteiger partial charge in [0.1, 0.15) is 12.0 Å². The Morgan fingerprint density at radius 1 is 1.24 bits per heavy atom. The van der Waals surface area contributed by atoms with Crippen LogP contribution in [-0.2, 0) is 20.7 Å². The third-order valence-corrected chi connectivity index (χ3v) is 5.53. The van der Waals surface area contributed by atoms with Gasteiger partial charge in [0.2, 0.25) is 5.89 Å². The van der Waals surface area contributed by atoms with Crippen molar-refractivity contribution in [2.75, 3.05) is 13.2 Å². The fourth-order valence-electron chi connectivity index (χ4n) is 4.32. The molecule has 0 unspecified atom stereocenters. The predicted molar refractivity (Wildman–Crippen MR) is 99.9 cm³/mol. The number of esters is 1. The van der Waals surface area contributed by atoms with E-state index in [1.807, 2.05) is 24.3 Å². The SMILES string of the molecule is CCOC(=O)COc1ccccc1C[C@@H]1[C@H](c2nc(C(=O)O)co2)[C@H]2CC[C@@H]1O2. The Morgan fingerprint density at radius 3 is 2.79 bits per heavy atom. The van der Waals surface area contributed by atoms with Crippen LogP contribution in [0.2, 0.25) is 0 Å². The zero-order valence-corrected chi connectivity index (χ0v) is 16.1. The van der Waals surface area contributed by atoms with Gasteiger partial charge in [-0.25, -0.2) is 14.6 Å². The Hall–Kier alpha value is -2.87. The van der Waals surface area contributed by atoms with Crippen LogP contribution in [0.25, 0.3) is 0 Å². The van der Waals surface area contributed by atoms with Gasteiger partial charge in [-0.05, 0) is 37.8 Å². The number of hydrogen-bond donors (Lipinski definition) is 1. The molecule has 2 fully saturated rings. The second kappa shape index (κ2) is 8.24. The van der Waals surface area contributed by atoms with Crippen LogP contribution in [0.5, 0.6) is 5.75 Å². The maximum Gasteiger partial charge on any atom is 0.357 e. The highest BCUT2D eigenvalue weighted by Crippen LogP contribution is 2.50. The topological polar surface area (TPSA) is 108 Å². The molecular formula is C21H23NO7. The molecular weight excluding hydrogens is 378 g/mol. The number of hydrogen-bond acceptors (Lipinski definition) is 7. The summed E-state index contributed by atoms with van der Waals surface area (Å²) in [5.41, 5.74) is 0.854. The van der Waals surface area contributed by atoms with Gasteiger partial charge in [-0.1, -0.05) is 18.2 Å². The molecule has 8 heteroatoms. The Balaban J connectivity index is 1.53. The first-order chi connectivity index (χ1) is 14.1. The van der Waals surface area contributed by atoms with E-state index in [4.69, 9.17) is 23.7 Å². The highest BCUT2D eigenvalue weighted by atomic mass is 16.6. The maximum absolute atomic E-state index is 11.6. The minimum absolute atomic E-state index is 0.0297. The number of benzene rings is 1. The second-order valence-electron chi connectivity index (χ2n) is 7.26. The van der Waals surface area contributed by atoms with Gasteiger partial charge in [-0.15, -0.1) is 0 Å². The van der Waals surface area contributed by atoms with Gasteiger partial charge < -0.3 is 23.7 Å². The number of carbonyl (C=O) groups excluding carboxylic acids is 1. The molecule has 0 aliphatic carbocycles. The Morgan fingerprint density at radius 2 is 2.03 bits per heavy atom. The largest absolute Gasteiger partial charge is 0.482 e. The summed E-state index contributed by atoms with van der Waals surface area (Å²) in [4.78, 5) is 27.0. The van der Waals surface area contributed by atoms with Crippen molar-refractivity contribution < 1.29 is 33.3 Å². The highest BCUT2D eigenvalue weighted by molar-refractivity contribution is 5.84. The molecule has 0 radical (unpaired) electrons. The Bertz CT molecular complexity index is 893. The standard InChI is InChI=1S/C21H23NO7/c1-2-26-18(23)11-27-15-6-4-3-5-12(15)9-13-16-7-8-17(29-16)19(13)20-22-14(10-28-20)21(24)25/h3-6,10,13,16-17,19H,2,7-9,11H2,1H3,(H,24,25)/t13-,16-,17+,19-/m0/s1. The second-order valence-corrected chi connectivity index (χ2v) is 7.26. The lowest BCUT2D eigenvalue weighted by atomic mass is 9.76. The maximum atomic E-state index is 11.6. The van der Waals surface area contributed by atoms with Gasteiger partial charge in [0, 0.05) is 5.92 Å². The number of para-hydroxylation sites is 1. The van der Waals surface area contributed by atoms with E-state index in [9.17, 15) is 9.59 Å². The van der Waals surface area contributed by atoms with E-state index in [1.54, 1.807) is 6.92 Å². The molecule has 2 saturated heterocycles. The van der Waals surface area contributed by atoms with Crippen molar-refractivity contribution in [3.63, 3.8) is 0 Å². The number of aromatic carboxylic acids is 1. The molecule has 8 nitrogen and oxygen atoms in total. The number of fused-ring (bicyclic) bond motifs is 2. The number of aromatic nitrogens is 1. The van der Waals surface area contributed by atoms with Crippen molar-refractivity contribution in [3.05, 3.63) is 47.7 Å². The van der Waals surface area contributed by atoms with E-state index in [0.717, 1.165) is 18.4 Å². The molecule has 2 bridgehead atoms. The van der Waals surface area contributed by atoms with Crippen LogP contribution in [-0.4, -0.2) is 47.5 Å². The molecule has 29 heavy (non-hydrogen) atoms. The third kappa shape index (κ3) is 3.98. The number of rotatable bonds is 8. The molecule has 1 aromatic heterocycles. The molecule has 154 valence electrons. The first kappa shape index (κ1) is 19.4. The normalized spacial score (nSPS) is 25.1. The summed E-state index contributed by atoms with van der Waals surface area (Å²) in [6, 6.07) is 7.56. The zero-order valence-electron chi connectivity index (χ0n) is 16.1. The summed E-state index contributed by atoms with van der Waals surface area (Å²) >= 11 is 0. The summed E-state index contributed by atoms with van der Waals surface area (Å²) in [6.07, 6.45) is 3.70. The van der Waals surface area contributed by atoms with E-state index in [1.165, 1.54) is 6.26 Å². The molecule has 3 heterocycles. The lowest BCUT2D eigenvalue weighted by molar-refractivity contribution is -0.145. The zero-order chi connectivity index (χ0) is 20.4. The number of carbonyl (C=O) groups is 2. The summed E-state index contributed by atoms with van der Waals surface area (Å²) in [5, 5.41) is 9.14. The highest BCUT2D eigenvalue weighted by Gasteiger charge is 2.51. The molecule has 2 aromatic rings. The number of carboxylic acids is 1. The van der Waals surface area contributed by atoms with E-state index >= 15 is 0 Å². The van der Waals surface area contributed by atoms with Crippen LogP contribution in [0.3, 0.4) is 0 Å². The van der Waals surface area contributed by atoms with Crippen molar-refractivity contribution in [1.29, 1.82) is 0 Å². The van der Waals surface area contributed by atoms with E-state index in [-0.39, 0.29) is 36.3 Å². The van der Waals surface area contributed by atoms with Crippen LogP contribution in [0.4, 0.5) is 0 Å². The number of nitrogens with zero attached hydrogens (tertiary/aromatic N) is 1. The van der Waals surface area contributed by atoms with Crippen molar-refractivity contribution in [2.45, 2.75) is 44.3 Å². The summed E-state index contributed by atoms with van der Waals surface area (Å²) in [5.74, 6) is -0.519. The average molecular weight is 401 g/mol. The summed E-state index contributed by atoms with van der Waals surface area (Å²) < 4.78 is 22.2. The van der Waals surface area contributed by atoms with Crippen molar-refractivity contribution in [2.24, 2.45) is 5.92 Å². The lowest BCUT2D eigenvalue weighted by Crippen LogP contribution is -2.28. The molecule has 2 aliphatic rings. The molecule has 1 aromatic carbocycles. The van der Waals surface area contributed by atoms with E-state index in [2.05, 4.69) is 4.98 Å². The minimum Gasteiger partial charge on any atom is -0.482 e. The van der Waals surface area contributed by atoms with Gasteiger partial charge in [-0.3, -0.25) is 0 Å². The quantitative estimate of drug-likeness (QED) is 0.673. The lowest BCUT2D eigenvalue weighted by Gasteiger charge is -2.26. The van der Waals surface area contributed by atoms with E-state index in [0.29, 0.717) is 24.7 Å². The fraction of sp³-hybridized carbons (Fsp3) is 0.476. The Labute approximate surface area is 167 Å². The van der Waals surface area contributed by atoms with Crippen LogP contribution < -0.4 is 4.74 Å². The van der Waals surface area contributed by atoms with Crippen LogP contribution in [0.1, 0.15) is 47.6 Å². The van der Waals surface area contributed by atoms with E-state index < -0.39 is 11.9 Å². The monoisotopic (exact) mass is 401 g/mol. The van der Waals surface area contributed by atoms with Crippen LogP contribution in [0.15, 0.2) is 34.9 Å². The minimum atomic E-state index is -1.11. The summed E-state index contributed by atoms with van der Waals surface area (Å²) in [7, 11) is 0. The number of ether oxygens (including phenoxy) is 3. The first-order valence-corrected chi connectivity index (χ1v) is 9.77. The van der Waals surface area contributed by atoms with Crippen molar-refractivity contribution in [3.8, 4) is 5.75 Å². The number of carboxylic acid groups (broad SMARTS) is 1. The molecule has 0 amide bonds. The van der Waals surface area contributed by atoms with Gasteiger partial charge in [-0.2, -0.15) is 0 Å². The van der Waals surface area contributed by atoms with Gasteiger partial charge in [0.25, 0.3) is 0 Å². The third-order valence-electron chi connectivity index (χ3n) is 5.53. The van der Waals surface area contributed by atoms with Crippen LogP contribution in [0, 0.1) is 5.92 Å². The van der Waals surface area contributed by atoms with Crippen molar-refractivity contribution in [1.82, 2.24) is 4.98 Å². The van der Waals surface area contributed by atoms with Gasteiger partial charge in [0.15, 0.2) is 12.3 Å². The fourth-order valence-corrected chi connectivity index (χ4v) is 4.32. The smallest absolute Gasteiger partial charge is 0.357 e. The molecule has 1 N–H and O–H groups in total. The molecule has 0 spiro atoms. The predicted octanol–water partition coefficient (Wildman–Crippen LogP) is 2.82.